The third-order valence-corrected chi connectivity index (χ3v) is 13.2. The van der Waals surface area contributed by atoms with Crippen LogP contribution in [0.1, 0.15) is 219 Å². The molecule has 1 saturated heterocycles. The minimum absolute atomic E-state index is 0.250. The van der Waals surface area contributed by atoms with Crippen LogP contribution >= 0.6 is 0 Å². The van der Waals surface area contributed by atoms with E-state index < -0.39 is 0 Å². The fourth-order valence-electron chi connectivity index (χ4n) is 9.60. The van der Waals surface area contributed by atoms with E-state index >= 15 is 0 Å². The quantitative estimate of drug-likeness (QED) is 0.0531. The highest BCUT2D eigenvalue weighted by Gasteiger charge is 2.54. The van der Waals surface area contributed by atoms with Gasteiger partial charge in [0.1, 0.15) is 0 Å². The van der Waals surface area contributed by atoms with E-state index in [2.05, 4.69) is 87.2 Å². The van der Waals surface area contributed by atoms with Gasteiger partial charge in [0.2, 0.25) is 0 Å². The first-order valence-corrected chi connectivity index (χ1v) is 23.9. The van der Waals surface area contributed by atoms with Crippen LogP contribution in [0, 0.1) is 5.41 Å². The topological polar surface area (TPSA) is 42.5 Å². The van der Waals surface area contributed by atoms with Gasteiger partial charge in [0.05, 0.1) is 12.2 Å². The Labute approximate surface area is 336 Å². The van der Waals surface area contributed by atoms with Gasteiger partial charge in [-0.05, 0) is 122 Å². The summed E-state index contributed by atoms with van der Waals surface area (Å²) in [6, 6.07) is 0.926. The van der Waals surface area contributed by atoms with Gasteiger partial charge >= 0.3 is 0 Å². The van der Waals surface area contributed by atoms with Crippen LogP contribution in [0.3, 0.4) is 0 Å². The molecule has 1 aliphatic heterocycles. The van der Waals surface area contributed by atoms with Crippen molar-refractivity contribution < 1.29 is 9.47 Å². The highest BCUT2D eigenvalue weighted by Crippen LogP contribution is 2.53. The van der Waals surface area contributed by atoms with Gasteiger partial charge in [0.15, 0.2) is 5.79 Å². The molecule has 312 valence electrons. The molecule has 0 aromatic rings. The number of allylic oxidation sites excluding steroid dienone is 8. The molecule has 2 aliphatic carbocycles. The summed E-state index contributed by atoms with van der Waals surface area (Å²) in [5.74, 6) is -0.321. The van der Waals surface area contributed by atoms with Crippen molar-refractivity contribution in [2.75, 3.05) is 14.1 Å². The minimum Gasteiger partial charge on any atom is -0.344 e. The molecule has 0 amide bonds. The molecule has 3 aliphatic rings. The third-order valence-electron chi connectivity index (χ3n) is 13.2. The van der Waals surface area contributed by atoms with Crippen molar-refractivity contribution in [2.24, 2.45) is 5.41 Å². The lowest BCUT2D eigenvalue weighted by molar-refractivity contribution is -0.208. The Morgan fingerprint density at radius 3 is 1.17 bits per heavy atom. The van der Waals surface area contributed by atoms with Crippen molar-refractivity contribution in [3.8, 4) is 0 Å². The molecule has 54 heavy (non-hydrogen) atoms. The van der Waals surface area contributed by atoms with Crippen LogP contribution in [0.5, 0.6) is 0 Å². The maximum Gasteiger partial charge on any atom is 0.169 e. The summed E-state index contributed by atoms with van der Waals surface area (Å²) in [6.45, 7) is 4.55. The number of likely N-dealkylation sites (N-methyl/N-ethyl adjacent to an activating group) is 2. The molecule has 3 rings (SSSR count). The normalized spacial score (nSPS) is 27.5. The lowest BCUT2D eigenvalue weighted by Crippen LogP contribution is -2.54. The first-order valence-electron chi connectivity index (χ1n) is 23.9. The number of hydrogen-bond acceptors (Lipinski definition) is 4. The van der Waals surface area contributed by atoms with E-state index in [0.29, 0.717) is 17.5 Å². The molecule has 4 unspecified atom stereocenters. The van der Waals surface area contributed by atoms with Crippen LogP contribution in [0.25, 0.3) is 0 Å². The number of rotatable bonds is 32. The standard InChI is InChI=1S/C50H90N2O2/c1-5-7-9-11-13-15-17-19-21-23-25-27-29-31-33-35-37-49(38-36-34-32-30-28-26-24-22-20-18-16-14-12-10-8-6-2)39-41-50(42-40-49)53-47-43-45(51-3)46(52-4)44-48(47)54-50/h13-16,19-22,45-48,51-52H,5-12,17-18,23-44H2,1-4H3. The van der Waals surface area contributed by atoms with Crippen molar-refractivity contribution in [3.63, 3.8) is 0 Å². The number of nitrogens with one attached hydrogen (secondary N) is 2. The molecule has 4 nitrogen and oxygen atoms in total. The molecule has 4 heteroatoms. The Kier molecular flexibility index (Phi) is 26.2. The van der Waals surface area contributed by atoms with Crippen molar-refractivity contribution in [1.29, 1.82) is 0 Å². The van der Waals surface area contributed by atoms with Crippen molar-refractivity contribution in [2.45, 2.75) is 249 Å². The lowest BCUT2D eigenvalue weighted by atomic mass is 9.66. The second-order valence-corrected chi connectivity index (χ2v) is 17.7. The molecule has 2 saturated carbocycles. The zero-order valence-corrected chi connectivity index (χ0v) is 36.4. The van der Waals surface area contributed by atoms with Crippen LogP contribution in [0.15, 0.2) is 48.6 Å². The first kappa shape index (κ1) is 47.2. The predicted molar refractivity (Wildman–Crippen MR) is 236 cm³/mol. The highest BCUT2D eigenvalue weighted by molar-refractivity contribution is 5.01. The van der Waals surface area contributed by atoms with Crippen LogP contribution in [-0.2, 0) is 9.47 Å². The monoisotopic (exact) mass is 751 g/mol. The molecule has 4 atom stereocenters. The third kappa shape index (κ3) is 19.3. The zero-order valence-electron chi connectivity index (χ0n) is 36.4. The van der Waals surface area contributed by atoms with E-state index in [1.807, 2.05) is 0 Å². The zero-order chi connectivity index (χ0) is 38.4. The minimum atomic E-state index is -0.321. The summed E-state index contributed by atoms with van der Waals surface area (Å²) in [7, 11) is 4.19. The molecule has 0 aromatic carbocycles. The second kappa shape index (κ2) is 30.0. The van der Waals surface area contributed by atoms with E-state index in [1.165, 1.54) is 167 Å². The smallest absolute Gasteiger partial charge is 0.169 e. The maximum atomic E-state index is 6.88. The fourth-order valence-corrected chi connectivity index (χ4v) is 9.60. The summed E-state index contributed by atoms with van der Waals surface area (Å²) < 4.78 is 13.8. The van der Waals surface area contributed by atoms with Crippen LogP contribution in [-0.4, -0.2) is 44.2 Å². The van der Waals surface area contributed by atoms with Gasteiger partial charge in [-0.1, -0.05) is 152 Å². The van der Waals surface area contributed by atoms with E-state index in [4.69, 9.17) is 9.47 Å². The predicted octanol–water partition coefficient (Wildman–Crippen LogP) is 14.4. The Morgan fingerprint density at radius 1 is 0.444 bits per heavy atom. The van der Waals surface area contributed by atoms with E-state index in [9.17, 15) is 0 Å². The summed E-state index contributed by atoms with van der Waals surface area (Å²) >= 11 is 0. The molecule has 0 bridgehead atoms. The summed E-state index contributed by atoms with van der Waals surface area (Å²) in [5, 5.41) is 7.08. The molecule has 3 fully saturated rings. The van der Waals surface area contributed by atoms with Crippen molar-refractivity contribution >= 4 is 0 Å². The van der Waals surface area contributed by atoms with Crippen LogP contribution < -0.4 is 10.6 Å². The van der Waals surface area contributed by atoms with Crippen molar-refractivity contribution in [3.05, 3.63) is 48.6 Å². The fraction of sp³-hybridized carbons (Fsp3) is 0.840. The lowest BCUT2D eigenvalue weighted by Gasteiger charge is -2.44. The molecule has 2 N–H and O–H groups in total. The SMILES string of the molecule is CCCCCC=CCC=CCCCCCCCCC1(CCCCCCCCC=CCC=CCCCCC)CCC2(CC1)OC1CC(NC)C(NC)CC1O2. The Bertz CT molecular complexity index is 936. The number of fused-ring (bicyclic) bond motifs is 1. The number of unbranched alkanes of at least 4 members (excludes halogenated alkanes) is 18. The first-order chi connectivity index (χ1) is 26.6. The highest BCUT2D eigenvalue weighted by atomic mass is 16.8. The van der Waals surface area contributed by atoms with Gasteiger partial charge in [0.25, 0.3) is 0 Å². The van der Waals surface area contributed by atoms with Gasteiger partial charge in [-0.3, -0.25) is 0 Å². The molecule has 0 radical (unpaired) electrons. The van der Waals surface area contributed by atoms with Gasteiger partial charge in [-0.2, -0.15) is 0 Å². The Morgan fingerprint density at radius 2 is 0.796 bits per heavy atom. The summed E-state index contributed by atoms with van der Waals surface area (Å²) in [5.41, 5.74) is 0.497. The Hall–Kier alpha value is -1.20. The van der Waals surface area contributed by atoms with Crippen LogP contribution in [0.2, 0.25) is 0 Å². The summed E-state index contributed by atoms with van der Waals surface area (Å²) in [4.78, 5) is 0. The van der Waals surface area contributed by atoms with Gasteiger partial charge < -0.3 is 20.1 Å². The van der Waals surface area contributed by atoms with Crippen LogP contribution in [0.4, 0.5) is 0 Å². The van der Waals surface area contributed by atoms with E-state index in [1.54, 1.807) is 0 Å². The molecule has 1 spiro atoms. The van der Waals surface area contributed by atoms with Gasteiger partial charge in [-0.15, -0.1) is 0 Å². The maximum absolute atomic E-state index is 6.88. The Balaban J connectivity index is 1.33. The summed E-state index contributed by atoms with van der Waals surface area (Å²) in [6.07, 6.45) is 61.2. The second-order valence-electron chi connectivity index (χ2n) is 17.7. The molecular weight excluding hydrogens is 661 g/mol. The largest absolute Gasteiger partial charge is 0.344 e. The van der Waals surface area contributed by atoms with E-state index in [0.717, 1.165) is 38.5 Å². The molecule has 0 aromatic heterocycles. The number of ether oxygens (including phenoxy) is 2. The van der Waals surface area contributed by atoms with Gasteiger partial charge in [-0.25, -0.2) is 0 Å². The molecular formula is C50H90N2O2. The molecule has 1 heterocycles. The number of hydrogen-bond donors (Lipinski definition) is 2. The average Bonchev–Trinajstić information content (AvgIpc) is 3.54. The van der Waals surface area contributed by atoms with Crippen molar-refractivity contribution in [1.82, 2.24) is 10.6 Å². The average molecular weight is 751 g/mol. The van der Waals surface area contributed by atoms with Gasteiger partial charge in [0, 0.05) is 24.9 Å². The van der Waals surface area contributed by atoms with E-state index in [-0.39, 0.29) is 18.0 Å².